The van der Waals surface area contributed by atoms with Crippen LogP contribution in [0.1, 0.15) is 30.3 Å². The quantitative estimate of drug-likeness (QED) is 0.589. The Morgan fingerprint density at radius 2 is 2.00 bits per heavy atom. The van der Waals surface area contributed by atoms with Crippen LogP contribution in [0, 0.1) is 13.8 Å². The topological polar surface area (TPSA) is 90.0 Å². The van der Waals surface area contributed by atoms with Gasteiger partial charge in [0.15, 0.2) is 0 Å². The standard InChI is InChI=1S/C19H21N7O/c1-4-25-16-8-6-5-7-15(16)23-19(25)24-17(27)10-9-14-12(2)22-18-20-11-21-26(18)13(14)3/h5-8,11H,4,9-10H2,1-3H3,(H,23,24,27). The number of para-hydroxylation sites is 2. The third-order valence-electron chi connectivity index (χ3n) is 4.81. The number of benzene rings is 1. The van der Waals surface area contributed by atoms with E-state index in [1.807, 2.05) is 49.6 Å². The van der Waals surface area contributed by atoms with Crippen LogP contribution in [0.15, 0.2) is 30.6 Å². The second kappa shape index (κ2) is 6.79. The molecule has 0 saturated heterocycles. The molecule has 1 N–H and O–H groups in total. The first-order chi connectivity index (χ1) is 13.1. The zero-order valence-corrected chi connectivity index (χ0v) is 15.6. The highest BCUT2D eigenvalue weighted by molar-refractivity contribution is 5.91. The molecule has 0 fully saturated rings. The number of fused-ring (bicyclic) bond motifs is 2. The van der Waals surface area contributed by atoms with Gasteiger partial charge in [-0.3, -0.25) is 10.1 Å². The molecule has 8 nitrogen and oxygen atoms in total. The predicted molar refractivity (Wildman–Crippen MR) is 103 cm³/mol. The molecule has 3 heterocycles. The van der Waals surface area contributed by atoms with Crippen LogP contribution in [0.4, 0.5) is 5.95 Å². The van der Waals surface area contributed by atoms with Crippen LogP contribution in [-0.2, 0) is 17.8 Å². The maximum Gasteiger partial charge on any atom is 0.252 e. The van der Waals surface area contributed by atoms with E-state index in [1.54, 1.807) is 4.52 Å². The van der Waals surface area contributed by atoms with Crippen LogP contribution < -0.4 is 5.32 Å². The highest BCUT2D eigenvalue weighted by Gasteiger charge is 2.15. The molecular weight excluding hydrogens is 342 g/mol. The molecule has 138 valence electrons. The summed E-state index contributed by atoms with van der Waals surface area (Å²) in [7, 11) is 0. The number of carbonyl (C=O) groups excluding carboxylic acids is 1. The molecule has 0 atom stereocenters. The molecule has 0 aliphatic carbocycles. The Kier molecular flexibility index (Phi) is 4.31. The molecule has 3 aromatic heterocycles. The van der Waals surface area contributed by atoms with Gasteiger partial charge in [-0.25, -0.2) is 14.5 Å². The largest absolute Gasteiger partial charge is 0.310 e. The van der Waals surface area contributed by atoms with E-state index in [0.717, 1.165) is 34.5 Å². The van der Waals surface area contributed by atoms with Crippen molar-refractivity contribution in [2.24, 2.45) is 0 Å². The highest BCUT2D eigenvalue weighted by Crippen LogP contribution is 2.20. The summed E-state index contributed by atoms with van der Waals surface area (Å²) in [5, 5.41) is 7.14. The predicted octanol–water partition coefficient (Wildman–Crippen LogP) is 2.68. The van der Waals surface area contributed by atoms with Gasteiger partial charge in [0, 0.05) is 24.4 Å². The fourth-order valence-corrected chi connectivity index (χ4v) is 3.43. The summed E-state index contributed by atoms with van der Waals surface area (Å²) in [5.41, 5.74) is 4.75. The van der Waals surface area contributed by atoms with Crippen molar-refractivity contribution in [3.63, 3.8) is 0 Å². The third kappa shape index (κ3) is 3.03. The van der Waals surface area contributed by atoms with Gasteiger partial charge in [0.05, 0.1) is 11.0 Å². The number of aromatic nitrogens is 6. The van der Waals surface area contributed by atoms with Crippen LogP contribution >= 0.6 is 0 Å². The SMILES string of the molecule is CCn1c(NC(=O)CCc2c(C)nc3ncnn3c2C)nc2ccccc21. The summed E-state index contributed by atoms with van der Waals surface area (Å²) >= 11 is 0. The number of hydrogen-bond donors (Lipinski definition) is 1. The number of carbonyl (C=O) groups is 1. The lowest BCUT2D eigenvalue weighted by Gasteiger charge is -2.11. The molecule has 0 spiro atoms. The van der Waals surface area contributed by atoms with Crippen LogP contribution in [0.3, 0.4) is 0 Å². The normalized spacial score (nSPS) is 11.4. The first-order valence-corrected chi connectivity index (χ1v) is 8.99. The Morgan fingerprint density at radius 1 is 1.19 bits per heavy atom. The van der Waals surface area contributed by atoms with Gasteiger partial charge >= 0.3 is 0 Å². The molecule has 0 unspecified atom stereocenters. The average Bonchev–Trinajstić information content (AvgIpc) is 3.25. The zero-order valence-electron chi connectivity index (χ0n) is 15.6. The minimum atomic E-state index is -0.0718. The van der Waals surface area contributed by atoms with Crippen molar-refractivity contribution in [1.29, 1.82) is 0 Å². The number of nitrogens with zero attached hydrogens (tertiary/aromatic N) is 6. The van der Waals surface area contributed by atoms with E-state index in [1.165, 1.54) is 6.33 Å². The molecule has 8 heteroatoms. The van der Waals surface area contributed by atoms with Gasteiger partial charge in [-0.05, 0) is 44.9 Å². The first kappa shape index (κ1) is 17.1. The van der Waals surface area contributed by atoms with Gasteiger partial charge in [0.1, 0.15) is 6.33 Å². The number of aryl methyl sites for hydroxylation is 3. The molecule has 0 aliphatic rings. The first-order valence-electron chi connectivity index (χ1n) is 8.99. The molecule has 0 saturated carbocycles. The van der Waals surface area contributed by atoms with Crippen molar-refractivity contribution in [3.05, 3.63) is 47.5 Å². The van der Waals surface area contributed by atoms with E-state index < -0.39 is 0 Å². The minimum absolute atomic E-state index is 0.0718. The van der Waals surface area contributed by atoms with E-state index in [9.17, 15) is 4.79 Å². The van der Waals surface area contributed by atoms with Crippen molar-refractivity contribution >= 4 is 28.7 Å². The number of nitrogens with one attached hydrogen (secondary N) is 1. The van der Waals surface area contributed by atoms with Gasteiger partial charge < -0.3 is 4.57 Å². The van der Waals surface area contributed by atoms with Gasteiger partial charge in [-0.2, -0.15) is 10.1 Å². The molecule has 4 aromatic rings. The Hall–Kier alpha value is -3.29. The molecule has 27 heavy (non-hydrogen) atoms. The lowest BCUT2D eigenvalue weighted by molar-refractivity contribution is -0.116. The van der Waals surface area contributed by atoms with E-state index in [4.69, 9.17) is 0 Å². The highest BCUT2D eigenvalue weighted by atomic mass is 16.1. The summed E-state index contributed by atoms with van der Waals surface area (Å²) < 4.78 is 3.71. The Morgan fingerprint density at radius 3 is 2.81 bits per heavy atom. The fourth-order valence-electron chi connectivity index (χ4n) is 3.43. The van der Waals surface area contributed by atoms with Crippen molar-refractivity contribution in [2.75, 3.05) is 5.32 Å². The molecular formula is C19H21N7O. The van der Waals surface area contributed by atoms with Crippen molar-refractivity contribution in [2.45, 2.75) is 40.2 Å². The molecule has 1 amide bonds. The Bertz CT molecular complexity index is 1140. The fraction of sp³-hybridized carbons (Fsp3) is 0.316. The number of rotatable bonds is 5. The van der Waals surface area contributed by atoms with Gasteiger partial charge in [0.2, 0.25) is 11.9 Å². The maximum atomic E-state index is 12.5. The third-order valence-corrected chi connectivity index (χ3v) is 4.81. The lowest BCUT2D eigenvalue weighted by atomic mass is 10.1. The van der Waals surface area contributed by atoms with Crippen LogP contribution in [0.5, 0.6) is 0 Å². The van der Waals surface area contributed by atoms with E-state index in [2.05, 4.69) is 25.4 Å². The summed E-state index contributed by atoms with van der Waals surface area (Å²) in [6, 6.07) is 7.87. The Balaban J connectivity index is 1.52. The average molecular weight is 363 g/mol. The number of hydrogen-bond acceptors (Lipinski definition) is 5. The van der Waals surface area contributed by atoms with Crippen molar-refractivity contribution in [1.82, 2.24) is 29.1 Å². The van der Waals surface area contributed by atoms with E-state index >= 15 is 0 Å². The molecule has 0 bridgehead atoms. The number of amides is 1. The molecule has 0 aliphatic heterocycles. The Labute approximate surface area is 156 Å². The lowest BCUT2D eigenvalue weighted by Crippen LogP contribution is -2.17. The monoisotopic (exact) mass is 363 g/mol. The molecule has 4 rings (SSSR count). The van der Waals surface area contributed by atoms with E-state index in [0.29, 0.717) is 24.6 Å². The minimum Gasteiger partial charge on any atom is -0.310 e. The summed E-state index contributed by atoms with van der Waals surface area (Å²) in [4.78, 5) is 25.7. The second-order valence-corrected chi connectivity index (χ2v) is 6.45. The summed E-state index contributed by atoms with van der Waals surface area (Å²) in [6.07, 6.45) is 2.41. The van der Waals surface area contributed by atoms with Crippen molar-refractivity contribution < 1.29 is 4.79 Å². The molecule has 0 radical (unpaired) electrons. The van der Waals surface area contributed by atoms with Gasteiger partial charge in [-0.15, -0.1) is 0 Å². The van der Waals surface area contributed by atoms with Gasteiger partial charge in [-0.1, -0.05) is 12.1 Å². The van der Waals surface area contributed by atoms with Crippen LogP contribution in [0.25, 0.3) is 16.8 Å². The smallest absolute Gasteiger partial charge is 0.252 e. The second-order valence-electron chi connectivity index (χ2n) is 6.45. The summed E-state index contributed by atoms with van der Waals surface area (Å²) in [5.74, 6) is 1.09. The van der Waals surface area contributed by atoms with Gasteiger partial charge in [0.25, 0.3) is 5.78 Å². The number of anilines is 1. The summed E-state index contributed by atoms with van der Waals surface area (Å²) in [6.45, 7) is 6.68. The van der Waals surface area contributed by atoms with Crippen LogP contribution in [-0.4, -0.2) is 35.0 Å². The maximum absolute atomic E-state index is 12.5. The zero-order chi connectivity index (χ0) is 19.0. The molecule has 1 aromatic carbocycles. The van der Waals surface area contributed by atoms with Crippen molar-refractivity contribution in [3.8, 4) is 0 Å². The van der Waals surface area contributed by atoms with E-state index in [-0.39, 0.29) is 5.91 Å². The number of imidazole rings is 1. The van der Waals surface area contributed by atoms with Crippen LogP contribution in [0.2, 0.25) is 0 Å².